The van der Waals surface area contributed by atoms with Crippen LogP contribution in [0.4, 0.5) is 22.0 Å². The summed E-state index contributed by atoms with van der Waals surface area (Å²) in [6.45, 7) is 0. The van der Waals surface area contributed by atoms with E-state index in [9.17, 15) is 23.7 Å². The fraction of sp³-hybridized carbons (Fsp3) is 0. The molecule has 4 nitrogen and oxygen atoms in total. The van der Waals surface area contributed by atoms with Crippen molar-refractivity contribution >= 4 is 54.0 Å². The average Bonchev–Trinajstić information content (AvgIpc) is 3.61. The first-order valence-electron chi connectivity index (χ1n) is 10.7. The number of nitrogens with zero attached hydrogens (tertiary/aromatic N) is 4. The number of benzene rings is 3. The first-order chi connectivity index (χ1) is 18.8. The van der Waals surface area contributed by atoms with Gasteiger partial charge in [0.25, 0.3) is 0 Å². The van der Waals surface area contributed by atoms with E-state index < -0.39 is 45.8 Å². The summed E-state index contributed by atoms with van der Waals surface area (Å²) in [5.74, 6) is -8.65. The summed E-state index contributed by atoms with van der Waals surface area (Å²) >= 11 is 2.18. The molecule has 2 aromatic heterocycles. The van der Waals surface area contributed by atoms with Gasteiger partial charge in [-0.1, -0.05) is 6.07 Å². The Hall–Kier alpha value is -5.07. The van der Waals surface area contributed by atoms with E-state index >= 15 is 8.78 Å². The molecule has 0 bridgehead atoms. The van der Waals surface area contributed by atoms with Crippen LogP contribution >= 0.6 is 22.7 Å². The highest BCUT2D eigenvalue weighted by Crippen LogP contribution is 2.34. The van der Waals surface area contributed by atoms with Crippen molar-refractivity contribution < 1.29 is 22.0 Å². The van der Waals surface area contributed by atoms with Gasteiger partial charge >= 0.3 is 0 Å². The lowest BCUT2D eigenvalue weighted by Crippen LogP contribution is -2.19. The Balaban J connectivity index is 2.19. The van der Waals surface area contributed by atoms with E-state index in [-0.39, 0.29) is 32.5 Å². The van der Waals surface area contributed by atoms with Crippen LogP contribution in [0.5, 0.6) is 0 Å². The molecule has 5 rings (SSSR count). The Morgan fingerprint density at radius 2 is 1.23 bits per heavy atom. The molecule has 0 aliphatic rings. The normalized spacial score (nSPS) is 11.5. The van der Waals surface area contributed by atoms with E-state index in [0.29, 0.717) is 14.8 Å². The van der Waals surface area contributed by atoms with E-state index in [1.165, 1.54) is 12.1 Å². The number of fused-ring (bicyclic) bond motifs is 2. The molecule has 0 saturated carbocycles. The largest absolute Gasteiger partial charge is 0.206 e. The third-order valence-electron chi connectivity index (χ3n) is 6.05. The summed E-state index contributed by atoms with van der Waals surface area (Å²) in [7, 11) is 0. The summed E-state index contributed by atoms with van der Waals surface area (Å²) in [6.07, 6.45) is 0. The van der Waals surface area contributed by atoms with Crippen LogP contribution in [0.25, 0.3) is 31.3 Å². The van der Waals surface area contributed by atoms with Crippen molar-refractivity contribution in [2.45, 2.75) is 0 Å². The zero-order valence-corrected chi connectivity index (χ0v) is 20.7. The Kier molecular flexibility index (Phi) is 6.34. The number of rotatable bonds is 2. The van der Waals surface area contributed by atoms with Crippen molar-refractivity contribution in [2.24, 2.45) is 0 Å². The Labute approximate surface area is 223 Å². The molecule has 0 saturated heterocycles. The molecule has 0 spiro atoms. The van der Waals surface area contributed by atoms with Gasteiger partial charge < -0.3 is 0 Å². The van der Waals surface area contributed by atoms with Gasteiger partial charge in [-0.3, -0.25) is 0 Å². The molecular formula is C28H7F5N4S2. The number of nitriles is 4. The summed E-state index contributed by atoms with van der Waals surface area (Å²) in [4.78, 5) is 0. The average molecular weight is 559 g/mol. The van der Waals surface area contributed by atoms with Gasteiger partial charge in [-0.15, -0.1) is 22.7 Å². The maximum absolute atomic E-state index is 15.5. The van der Waals surface area contributed by atoms with Crippen molar-refractivity contribution in [3.05, 3.63) is 103 Å². The van der Waals surface area contributed by atoms with Crippen LogP contribution in [0.15, 0.2) is 41.1 Å². The van der Waals surface area contributed by atoms with Crippen LogP contribution < -0.4 is 10.4 Å². The van der Waals surface area contributed by atoms with Crippen molar-refractivity contribution in [1.82, 2.24) is 0 Å². The molecular weight excluding hydrogens is 551 g/mol. The SMILES string of the molecule is N#CC(C#N)=c1c2ccsc2/c(=C(/c2ccc(C#N)c(F)c2)c2c(F)c(F)c(C#N)c(F)c2F)c2ccsc12. The van der Waals surface area contributed by atoms with Crippen LogP contribution in [-0.2, 0) is 0 Å². The van der Waals surface area contributed by atoms with Crippen molar-refractivity contribution in [3.8, 4) is 24.3 Å². The lowest BCUT2D eigenvalue weighted by molar-refractivity contribution is 0.446. The van der Waals surface area contributed by atoms with Crippen molar-refractivity contribution in [1.29, 1.82) is 21.0 Å². The molecule has 39 heavy (non-hydrogen) atoms. The summed E-state index contributed by atoms with van der Waals surface area (Å²) < 4.78 is 76.3. The zero-order valence-electron chi connectivity index (χ0n) is 19.0. The third-order valence-corrected chi connectivity index (χ3v) is 7.91. The van der Waals surface area contributed by atoms with Crippen LogP contribution in [0.3, 0.4) is 0 Å². The molecule has 0 aliphatic heterocycles. The molecule has 0 fully saturated rings. The van der Waals surface area contributed by atoms with Gasteiger partial charge in [0, 0.05) is 36.2 Å². The second kappa shape index (κ2) is 9.67. The van der Waals surface area contributed by atoms with Gasteiger partial charge in [0.05, 0.1) is 11.1 Å². The van der Waals surface area contributed by atoms with E-state index in [2.05, 4.69) is 0 Å². The molecule has 5 aromatic rings. The zero-order chi connectivity index (χ0) is 28.0. The van der Waals surface area contributed by atoms with E-state index in [1.54, 1.807) is 22.9 Å². The molecule has 0 aliphatic carbocycles. The fourth-order valence-electron chi connectivity index (χ4n) is 4.40. The van der Waals surface area contributed by atoms with Crippen molar-refractivity contribution in [3.63, 3.8) is 0 Å². The van der Waals surface area contributed by atoms with Crippen molar-refractivity contribution in [2.75, 3.05) is 0 Å². The van der Waals surface area contributed by atoms with Gasteiger partial charge in [-0.05, 0) is 40.6 Å². The fourth-order valence-corrected chi connectivity index (χ4v) is 6.34. The molecule has 3 aromatic carbocycles. The minimum atomic E-state index is -1.93. The van der Waals surface area contributed by atoms with E-state index in [0.717, 1.165) is 40.9 Å². The summed E-state index contributed by atoms with van der Waals surface area (Å²) in [5, 5.41) is 41.5. The standard InChI is InChI=1S/C28H7F5N4S2/c29-18-7-12(1-2-13(18)8-34)20(22-25(32)23(30)17(11-37)24(31)26(22)33)21-16-4-6-38-27(16)19(14(9-35)10-36)15-3-5-39-28(15)21/h1-7H/b21-20-. The Morgan fingerprint density at radius 3 is 1.74 bits per heavy atom. The van der Waals surface area contributed by atoms with Crippen LogP contribution in [0.2, 0.25) is 0 Å². The van der Waals surface area contributed by atoms with Gasteiger partial charge in [-0.2, -0.15) is 21.0 Å². The van der Waals surface area contributed by atoms with Gasteiger partial charge in [0.2, 0.25) is 0 Å². The molecule has 0 atom stereocenters. The second-order valence-corrected chi connectivity index (χ2v) is 9.81. The molecule has 186 valence electrons. The number of halogens is 5. The van der Waals surface area contributed by atoms with Crippen LogP contribution in [-0.4, -0.2) is 0 Å². The van der Waals surface area contributed by atoms with Gasteiger partial charge in [0.15, 0.2) is 23.3 Å². The highest BCUT2D eigenvalue weighted by Gasteiger charge is 2.30. The maximum atomic E-state index is 15.5. The first kappa shape index (κ1) is 25.6. The smallest absolute Gasteiger partial charge is 0.180 e. The van der Waals surface area contributed by atoms with Gasteiger partial charge in [-0.25, -0.2) is 22.0 Å². The predicted molar refractivity (Wildman–Crippen MR) is 135 cm³/mol. The third kappa shape index (κ3) is 3.73. The van der Waals surface area contributed by atoms with Crippen LogP contribution in [0.1, 0.15) is 22.3 Å². The lowest BCUT2D eigenvalue weighted by atomic mass is 9.90. The molecule has 0 N–H and O–H groups in total. The van der Waals surface area contributed by atoms with E-state index in [1.807, 2.05) is 12.1 Å². The summed E-state index contributed by atoms with van der Waals surface area (Å²) in [5.41, 5.74) is -3.92. The van der Waals surface area contributed by atoms with E-state index in [4.69, 9.17) is 10.5 Å². The topological polar surface area (TPSA) is 95.2 Å². The molecule has 0 unspecified atom stereocenters. The monoisotopic (exact) mass is 558 g/mol. The number of hydrogen-bond acceptors (Lipinski definition) is 6. The Bertz CT molecular complexity index is 2080. The molecule has 2 heterocycles. The molecule has 0 amide bonds. The maximum Gasteiger partial charge on any atom is 0.180 e. The summed E-state index contributed by atoms with van der Waals surface area (Å²) in [6, 6.07) is 12.6. The first-order valence-corrected chi connectivity index (χ1v) is 12.5. The Morgan fingerprint density at radius 1 is 0.667 bits per heavy atom. The minimum Gasteiger partial charge on any atom is -0.206 e. The minimum absolute atomic E-state index is 0.0562. The highest BCUT2D eigenvalue weighted by atomic mass is 32.1. The van der Waals surface area contributed by atoms with Gasteiger partial charge in [0.1, 0.15) is 41.2 Å². The highest BCUT2D eigenvalue weighted by molar-refractivity contribution is 7.18. The predicted octanol–water partition coefficient (Wildman–Crippen LogP) is 6.00. The lowest BCUT2D eigenvalue weighted by Gasteiger charge is -2.15. The number of hydrogen-bond donors (Lipinski definition) is 0. The quantitative estimate of drug-likeness (QED) is 0.196. The second-order valence-electron chi connectivity index (χ2n) is 7.97. The van der Waals surface area contributed by atoms with Crippen LogP contribution in [0, 0.1) is 74.4 Å². The molecule has 11 heteroatoms. The molecule has 0 radical (unpaired) electrons. The number of thiophene rings is 2.